The number of ether oxygens (including phenoxy) is 1. The van der Waals surface area contributed by atoms with E-state index in [2.05, 4.69) is 5.92 Å². The number of carbonyl (C=O) groups is 1. The molecule has 0 saturated heterocycles. The van der Waals surface area contributed by atoms with Gasteiger partial charge in [-0.1, -0.05) is 23.2 Å². The molecule has 20 heavy (non-hydrogen) atoms. The van der Waals surface area contributed by atoms with Crippen LogP contribution in [0.25, 0.3) is 0 Å². The molecule has 0 aliphatic rings. The first kappa shape index (κ1) is 19.7. The molecule has 9 heteroatoms. The summed E-state index contributed by atoms with van der Waals surface area (Å²) in [5, 5.41) is -0.507. The SMILES string of the molecule is C#CCCC(=O)Oc1c(Cl)cc(S(=O)(=O)[O-])cc1Cl.[Na+]. The van der Waals surface area contributed by atoms with Crippen molar-refractivity contribution in [3.8, 4) is 18.1 Å². The summed E-state index contributed by atoms with van der Waals surface area (Å²) >= 11 is 11.4. The van der Waals surface area contributed by atoms with E-state index >= 15 is 0 Å². The second kappa shape index (κ2) is 8.25. The first-order chi connectivity index (χ1) is 8.75. The van der Waals surface area contributed by atoms with Crippen molar-refractivity contribution in [2.24, 2.45) is 0 Å². The number of benzene rings is 1. The van der Waals surface area contributed by atoms with Crippen molar-refractivity contribution in [2.45, 2.75) is 17.7 Å². The van der Waals surface area contributed by atoms with E-state index in [1.54, 1.807) is 0 Å². The molecule has 0 fully saturated rings. The van der Waals surface area contributed by atoms with Crippen LogP contribution in [0.5, 0.6) is 5.75 Å². The van der Waals surface area contributed by atoms with Gasteiger partial charge in [0.1, 0.15) is 10.1 Å². The number of esters is 1. The van der Waals surface area contributed by atoms with E-state index < -0.39 is 21.0 Å². The van der Waals surface area contributed by atoms with Crippen LogP contribution in [0.15, 0.2) is 17.0 Å². The molecule has 0 aliphatic carbocycles. The Morgan fingerprint density at radius 1 is 1.35 bits per heavy atom. The number of hydrogen-bond donors (Lipinski definition) is 0. The first-order valence-corrected chi connectivity index (χ1v) is 7.01. The summed E-state index contributed by atoms with van der Waals surface area (Å²) in [7, 11) is -4.69. The largest absolute Gasteiger partial charge is 1.00 e. The minimum atomic E-state index is -4.69. The van der Waals surface area contributed by atoms with Gasteiger partial charge in [-0.05, 0) is 12.1 Å². The molecule has 0 saturated carbocycles. The van der Waals surface area contributed by atoms with Gasteiger partial charge < -0.3 is 9.29 Å². The van der Waals surface area contributed by atoms with E-state index in [-0.39, 0.29) is 58.2 Å². The molecule has 5 nitrogen and oxygen atoms in total. The third-order valence-electron chi connectivity index (χ3n) is 1.95. The van der Waals surface area contributed by atoms with Gasteiger partial charge in [0.15, 0.2) is 5.75 Å². The molecule has 1 rings (SSSR count). The van der Waals surface area contributed by atoms with Crippen molar-refractivity contribution < 1.29 is 52.1 Å². The third-order valence-corrected chi connectivity index (χ3v) is 3.32. The Kier molecular flexibility index (Phi) is 8.14. The number of hydrogen-bond acceptors (Lipinski definition) is 5. The zero-order valence-corrected chi connectivity index (χ0v) is 14.7. The molecular formula is C11H7Cl2NaO5S. The van der Waals surface area contributed by atoms with Crippen LogP contribution in [0.4, 0.5) is 0 Å². The predicted octanol–water partition coefficient (Wildman–Crippen LogP) is -0.780. The first-order valence-electron chi connectivity index (χ1n) is 4.84. The zero-order chi connectivity index (χ0) is 14.6. The van der Waals surface area contributed by atoms with Gasteiger partial charge in [-0.25, -0.2) is 8.42 Å². The minimum absolute atomic E-state index is 0. The fourth-order valence-corrected chi connectivity index (χ4v) is 2.34. The van der Waals surface area contributed by atoms with Gasteiger partial charge in [0.25, 0.3) is 0 Å². The van der Waals surface area contributed by atoms with Crippen molar-refractivity contribution in [3.05, 3.63) is 22.2 Å². The van der Waals surface area contributed by atoms with Gasteiger partial charge in [-0.2, -0.15) is 0 Å². The van der Waals surface area contributed by atoms with Gasteiger partial charge in [0.05, 0.1) is 21.4 Å². The summed E-state index contributed by atoms with van der Waals surface area (Å²) in [6.45, 7) is 0. The number of rotatable bonds is 4. The Labute approximate surface area is 148 Å². The summed E-state index contributed by atoms with van der Waals surface area (Å²) in [5.74, 6) is 1.38. The van der Waals surface area contributed by atoms with E-state index in [0.29, 0.717) is 0 Å². The van der Waals surface area contributed by atoms with E-state index in [0.717, 1.165) is 12.1 Å². The summed E-state index contributed by atoms with van der Waals surface area (Å²) < 4.78 is 37.3. The van der Waals surface area contributed by atoms with Gasteiger partial charge in [0.2, 0.25) is 0 Å². The van der Waals surface area contributed by atoms with E-state index in [9.17, 15) is 17.8 Å². The normalized spacial score (nSPS) is 10.3. The summed E-state index contributed by atoms with van der Waals surface area (Å²) in [5.41, 5.74) is 0. The molecule has 0 aliphatic heterocycles. The molecule has 0 bridgehead atoms. The van der Waals surface area contributed by atoms with E-state index in [4.69, 9.17) is 34.4 Å². The Bertz CT molecular complexity index is 628. The second-order valence-corrected chi connectivity index (χ2v) is 5.54. The van der Waals surface area contributed by atoms with Crippen LogP contribution in [0, 0.1) is 12.3 Å². The van der Waals surface area contributed by atoms with Crippen LogP contribution in [0.3, 0.4) is 0 Å². The zero-order valence-electron chi connectivity index (χ0n) is 10.4. The molecule has 0 unspecified atom stereocenters. The van der Waals surface area contributed by atoms with Crippen LogP contribution >= 0.6 is 23.2 Å². The van der Waals surface area contributed by atoms with Crippen LogP contribution in [-0.4, -0.2) is 18.9 Å². The number of halogens is 2. The average molecular weight is 345 g/mol. The molecule has 1 aromatic carbocycles. The quantitative estimate of drug-likeness (QED) is 0.235. The van der Waals surface area contributed by atoms with Gasteiger partial charge in [-0.15, -0.1) is 12.3 Å². The van der Waals surface area contributed by atoms with E-state index in [1.165, 1.54) is 0 Å². The Hall–Kier alpha value is -0.260. The van der Waals surface area contributed by atoms with Gasteiger partial charge >= 0.3 is 35.5 Å². The van der Waals surface area contributed by atoms with Crippen molar-refractivity contribution in [3.63, 3.8) is 0 Å². The molecule has 0 amide bonds. The molecule has 0 N–H and O–H groups in total. The standard InChI is InChI=1S/C11H8Cl2O5S.Na/c1-2-3-4-10(14)18-11-8(12)5-7(6-9(11)13)19(15,16)17;/h1,5-6H,3-4H2,(H,15,16,17);/q;+1/p-1. The van der Waals surface area contributed by atoms with Gasteiger partial charge in [0, 0.05) is 6.42 Å². The predicted molar refractivity (Wildman–Crippen MR) is 68.1 cm³/mol. The maximum absolute atomic E-state index is 11.3. The monoisotopic (exact) mass is 344 g/mol. The van der Waals surface area contributed by atoms with Crippen molar-refractivity contribution >= 4 is 39.3 Å². The number of terminal acetylenes is 1. The number of carbonyl (C=O) groups excluding carboxylic acids is 1. The second-order valence-electron chi connectivity index (χ2n) is 3.35. The maximum atomic E-state index is 11.3. The molecule has 102 valence electrons. The molecule has 0 heterocycles. The van der Waals surface area contributed by atoms with Crippen LogP contribution in [0.1, 0.15) is 12.8 Å². The molecule has 1 aromatic rings. The van der Waals surface area contributed by atoms with Gasteiger partial charge in [-0.3, -0.25) is 4.79 Å². The average Bonchev–Trinajstić information content (AvgIpc) is 2.29. The molecule has 0 aromatic heterocycles. The maximum Gasteiger partial charge on any atom is 1.00 e. The Morgan fingerprint density at radius 3 is 2.25 bits per heavy atom. The minimum Gasteiger partial charge on any atom is -0.744 e. The van der Waals surface area contributed by atoms with Crippen molar-refractivity contribution in [1.29, 1.82) is 0 Å². The van der Waals surface area contributed by atoms with Crippen molar-refractivity contribution in [1.82, 2.24) is 0 Å². The summed E-state index contributed by atoms with van der Waals surface area (Å²) in [6, 6.07) is 1.72. The topological polar surface area (TPSA) is 83.5 Å². The van der Waals surface area contributed by atoms with E-state index in [1.807, 2.05) is 0 Å². The molecule has 0 radical (unpaired) electrons. The van der Waals surface area contributed by atoms with Crippen LogP contribution in [-0.2, 0) is 14.9 Å². The molecule has 0 atom stereocenters. The molecular weight excluding hydrogens is 338 g/mol. The fraction of sp³-hybridized carbons (Fsp3) is 0.182. The third kappa shape index (κ3) is 5.62. The Balaban J connectivity index is 0.00000361. The Morgan fingerprint density at radius 2 is 1.85 bits per heavy atom. The van der Waals surface area contributed by atoms with Crippen LogP contribution < -0.4 is 34.3 Å². The summed E-state index contributed by atoms with van der Waals surface area (Å²) in [6.07, 6.45) is 5.13. The van der Waals surface area contributed by atoms with Crippen molar-refractivity contribution in [2.75, 3.05) is 0 Å². The fourth-order valence-electron chi connectivity index (χ4n) is 1.12. The smallest absolute Gasteiger partial charge is 0.744 e. The summed E-state index contributed by atoms with van der Waals surface area (Å²) in [4.78, 5) is 10.7. The molecule has 0 spiro atoms. The van der Waals surface area contributed by atoms with Crippen LogP contribution in [0.2, 0.25) is 10.0 Å².